The first kappa shape index (κ1) is 11.3. The van der Waals surface area contributed by atoms with Crippen LogP contribution in [0.4, 0.5) is 5.69 Å². The largest absolute Gasteiger partial charge is 0.366 e. The Bertz CT molecular complexity index is 314. The highest BCUT2D eigenvalue weighted by atomic mass is 15.2. The Morgan fingerprint density at radius 2 is 2.19 bits per heavy atom. The van der Waals surface area contributed by atoms with Crippen molar-refractivity contribution >= 4 is 5.69 Å². The maximum Gasteiger partial charge on any atom is 0.115 e. The summed E-state index contributed by atoms with van der Waals surface area (Å²) in [7, 11) is 0. The molecule has 1 fully saturated rings. The molecule has 0 aliphatic carbocycles. The van der Waals surface area contributed by atoms with Crippen molar-refractivity contribution in [2.75, 3.05) is 18.0 Å². The first-order valence-electron chi connectivity index (χ1n) is 6.08. The van der Waals surface area contributed by atoms with Gasteiger partial charge in [0.25, 0.3) is 0 Å². The van der Waals surface area contributed by atoms with Crippen molar-refractivity contribution in [3.63, 3.8) is 0 Å². The van der Waals surface area contributed by atoms with E-state index in [9.17, 15) is 0 Å². The van der Waals surface area contributed by atoms with E-state index in [4.69, 9.17) is 5.73 Å². The highest BCUT2D eigenvalue weighted by Gasteiger charge is 2.29. The number of hydrogen-bond acceptors (Lipinski definition) is 4. The van der Waals surface area contributed by atoms with Crippen LogP contribution in [0.3, 0.4) is 0 Å². The summed E-state index contributed by atoms with van der Waals surface area (Å²) in [5, 5.41) is 0. The predicted octanol–water partition coefficient (Wildman–Crippen LogP) is 1.43. The van der Waals surface area contributed by atoms with Gasteiger partial charge in [0.2, 0.25) is 0 Å². The molecular weight excluding hydrogens is 200 g/mol. The maximum atomic E-state index is 5.85. The molecule has 4 heteroatoms. The van der Waals surface area contributed by atoms with Crippen LogP contribution in [-0.4, -0.2) is 29.1 Å². The Hall–Kier alpha value is -1.16. The van der Waals surface area contributed by atoms with Crippen LogP contribution >= 0.6 is 0 Å². The van der Waals surface area contributed by atoms with E-state index in [2.05, 4.69) is 21.8 Å². The first-order valence-corrected chi connectivity index (χ1v) is 6.08. The lowest BCUT2D eigenvalue weighted by atomic mass is 9.87. The standard InChI is InChI=1S/C12H20N4/c1-2-12-10(6-13)4-3-5-16(12)11-7-14-9-15-8-11/h7-10,12H,2-6,13H2,1H3/t10-,12-/m1/s1. The topological polar surface area (TPSA) is 55.0 Å². The Balaban J connectivity index is 2.19. The number of hydrogen-bond donors (Lipinski definition) is 1. The number of rotatable bonds is 3. The van der Waals surface area contributed by atoms with Crippen molar-refractivity contribution in [3.8, 4) is 0 Å². The second kappa shape index (κ2) is 5.25. The van der Waals surface area contributed by atoms with Crippen LogP contribution < -0.4 is 10.6 Å². The second-order valence-corrected chi connectivity index (χ2v) is 4.40. The zero-order chi connectivity index (χ0) is 11.4. The lowest BCUT2D eigenvalue weighted by Gasteiger charge is -2.41. The molecule has 88 valence electrons. The summed E-state index contributed by atoms with van der Waals surface area (Å²) in [4.78, 5) is 10.6. The molecule has 1 aliphatic heterocycles. The summed E-state index contributed by atoms with van der Waals surface area (Å²) < 4.78 is 0. The van der Waals surface area contributed by atoms with Gasteiger partial charge < -0.3 is 10.6 Å². The molecule has 1 aliphatic rings. The summed E-state index contributed by atoms with van der Waals surface area (Å²) in [6, 6.07) is 0.546. The average Bonchev–Trinajstić information content (AvgIpc) is 2.38. The number of anilines is 1. The number of aromatic nitrogens is 2. The molecule has 0 aromatic carbocycles. The molecular formula is C12H20N4. The second-order valence-electron chi connectivity index (χ2n) is 4.40. The van der Waals surface area contributed by atoms with Crippen LogP contribution in [0.1, 0.15) is 26.2 Å². The van der Waals surface area contributed by atoms with Crippen molar-refractivity contribution in [1.29, 1.82) is 0 Å². The monoisotopic (exact) mass is 220 g/mol. The van der Waals surface area contributed by atoms with Gasteiger partial charge in [-0.3, -0.25) is 0 Å². The van der Waals surface area contributed by atoms with E-state index >= 15 is 0 Å². The average molecular weight is 220 g/mol. The van der Waals surface area contributed by atoms with Gasteiger partial charge in [-0.25, -0.2) is 9.97 Å². The van der Waals surface area contributed by atoms with E-state index in [0.29, 0.717) is 12.0 Å². The van der Waals surface area contributed by atoms with Crippen LogP contribution in [0, 0.1) is 5.92 Å². The Kier molecular flexibility index (Phi) is 3.72. The minimum Gasteiger partial charge on any atom is -0.366 e. The number of nitrogens with two attached hydrogens (primary N) is 1. The molecule has 2 N–H and O–H groups in total. The molecule has 0 bridgehead atoms. The summed E-state index contributed by atoms with van der Waals surface area (Å²) in [5.74, 6) is 0.610. The van der Waals surface area contributed by atoms with Crippen molar-refractivity contribution in [2.24, 2.45) is 11.7 Å². The molecule has 2 atom stereocenters. The SMILES string of the molecule is CC[C@@H]1[C@@H](CN)CCCN1c1cncnc1. The lowest BCUT2D eigenvalue weighted by Crippen LogP contribution is -2.47. The third kappa shape index (κ3) is 2.16. The van der Waals surface area contributed by atoms with E-state index in [1.54, 1.807) is 6.33 Å². The first-order chi connectivity index (χ1) is 7.86. The quantitative estimate of drug-likeness (QED) is 0.837. The fourth-order valence-corrected chi connectivity index (χ4v) is 2.73. The van der Waals surface area contributed by atoms with Crippen molar-refractivity contribution < 1.29 is 0 Å². The fraction of sp³-hybridized carbons (Fsp3) is 0.667. The van der Waals surface area contributed by atoms with E-state index in [0.717, 1.165) is 25.2 Å². The minimum absolute atomic E-state index is 0.546. The Morgan fingerprint density at radius 3 is 2.81 bits per heavy atom. The van der Waals surface area contributed by atoms with E-state index in [1.807, 2.05) is 12.4 Å². The zero-order valence-electron chi connectivity index (χ0n) is 9.84. The van der Waals surface area contributed by atoms with Gasteiger partial charge in [0.15, 0.2) is 0 Å². The molecule has 1 aromatic heterocycles. The molecule has 0 spiro atoms. The highest BCUT2D eigenvalue weighted by Crippen LogP contribution is 2.29. The van der Waals surface area contributed by atoms with E-state index < -0.39 is 0 Å². The molecule has 4 nitrogen and oxygen atoms in total. The maximum absolute atomic E-state index is 5.85. The third-order valence-corrected chi connectivity index (χ3v) is 3.52. The van der Waals surface area contributed by atoms with Crippen molar-refractivity contribution in [2.45, 2.75) is 32.2 Å². The Morgan fingerprint density at radius 1 is 1.44 bits per heavy atom. The fourth-order valence-electron chi connectivity index (χ4n) is 2.73. The van der Waals surface area contributed by atoms with E-state index in [-0.39, 0.29) is 0 Å². The molecule has 0 radical (unpaired) electrons. The summed E-state index contributed by atoms with van der Waals surface area (Å²) in [6.45, 7) is 4.11. The van der Waals surface area contributed by atoms with Gasteiger partial charge in [-0.05, 0) is 31.7 Å². The van der Waals surface area contributed by atoms with E-state index in [1.165, 1.54) is 12.8 Å². The van der Waals surface area contributed by atoms with Crippen molar-refractivity contribution in [1.82, 2.24) is 9.97 Å². The minimum atomic E-state index is 0.546. The zero-order valence-corrected chi connectivity index (χ0v) is 9.84. The normalized spacial score (nSPS) is 25.8. The molecule has 1 saturated heterocycles. The van der Waals surface area contributed by atoms with Gasteiger partial charge in [-0.15, -0.1) is 0 Å². The van der Waals surface area contributed by atoms with Gasteiger partial charge in [0, 0.05) is 12.6 Å². The smallest absolute Gasteiger partial charge is 0.115 e. The van der Waals surface area contributed by atoms with Crippen LogP contribution in [0.5, 0.6) is 0 Å². The number of nitrogens with zero attached hydrogens (tertiary/aromatic N) is 3. The summed E-state index contributed by atoms with van der Waals surface area (Å²) >= 11 is 0. The van der Waals surface area contributed by atoms with Crippen molar-refractivity contribution in [3.05, 3.63) is 18.7 Å². The molecule has 16 heavy (non-hydrogen) atoms. The third-order valence-electron chi connectivity index (χ3n) is 3.52. The van der Waals surface area contributed by atoms with Gasteiger partial charge in [-0.1, -0.05) is 6.92 Å². The van der Waals surface area contributed by atoms with Crippen LogP contribution in [0.25, 0.3) is 0 Å². The molecule has 0 unspecified atom stereocenters. The highest BCUT2D eigenvalue weighted by molar-refractivity contribution is 5.43. The molecule has 2 heterocycles. The van der Waals surface area contributed by atoms with Gasteiger partial charge in [0.1, 0.15) is 6.33 Å². The lowest BCUT2D eigenvalue weighted by molar-refractivity contribution is 0.321. The Labute approximate surface area is 96.9 Å². The van der Waals surface area contributed by atoms with Crippen LogP contribution in [-0.2, 0) is 0 Å². The van der Waals surface area contributed by atoms with Gasteiger partial charge in [0.05, 0.1) is 18.1 Å². The molecule has 1 aromatic rings. The number of piperidine rings is 1. The van der Waals surface area contributed by atoms with Crippen LogP contribution in [0.2, 0.25) is 0 Å². The molecule has 0 amide bonds. The molecule has 2 rings (SSSR count). The predicted molar refractivity (Wildman–Crippen MR) is 65.2 cm³/mol. The van der Waals surface area contributed by atoms with Gasteiger partial charge >= 0.3 is 0 Å². The van der Waals surface area contributed by atoms with Crippen LogP contribution in [0.15, 0.2) is 18.7 Å². The summed E-state index contributed by atoms with van der Waals surface area (Å²) in [6.07, 6.45) is 8.97. The molecule has 0 saturated carbocycles. The van der Waals surface area contributed by atoms with Gasteiger partial charge in [-0.2, -0.15) is 0 Å². The summed E-state index contributed by atoms with van der Waals surface area (Å²) in [5.41, 5.74) is 6.98.